The van der Waals surface area contributed by atoms with Gasteiger partial charge in [-0.2, -0.15) is 0 Å². The number of nitrogens with zero attached hydrogens (tertiary/aromatic N) is 2. The van der Waals surface area contributed by atoms with Gasteiger partial charge in [0.1, 0.15) is 0 Å². The summed E-state index contributed by atoms with van der Waals surface area (Å²) in [7, 11) is 0. The van der Waals surface area contributed by atoms with Gasteiger partial charge >= 0.3 is 0 Å². The number of nitrogens with two attached hydrogens (primary N) is 1. The second-order valence-corrected chi connectivity index (χ2v) is 4.88. The van der Waals surface area contributed by atoms with Crippen molar-refractivity contribution < 1.29 is 0 Å². The van der Waals surface area contributed by atoms with Crippen molar-refractivity contribution in [2.75, 3.05) is 18.8 Å². The normalized spacial score (nSPS) is 20.2. The van der Waals surface area contributed by atoms with Gasteiger partial charge in [-0.1, -0.05) is 12.1 Å². The number of aromatic nitrogens is 2. The van der Waals surface area contributed by atoms with Crippen LogP contribution in [0, 0.1) is 12.8 Å². The number of benzene rings is 1. The number of anilines is 1. The fourth-order valence-electron chi connectivity index (χ4n) is 2.63. The Kier molecular flexibility index (Phi) is 2.52. The summed E-state index contributed by atoms with van der Waals surface area (Å²) < 4.78 is 2.15. The average Bonchev–Trinajstić information content (AvgIpc) is 2.91. The highest BCUT2D eigenvalue weighted by atomic mass is 15.2. The summed E-state index contributed by atoms with van der Waals surface area (Å²) in [6.07, 6.45) is 1.23. The highest BCUT2D eigenvalue weighted by Crippen LogP contribution is 2.23. The summed E-state index contributed by atoms with van der Waals surface area (Å²) in [5, 5.41) is 3.39. The van der Waals surface area contributed by atoms with Crippen LogP contribution >= 0.6 is 0 Å². The highest BCUT2D eigenvalue weighted by molar-refractivity contribution is 5.81. The third-order valence-corrected chi connectivity index (χ3v) is 3.61. The second kappa shape index (κ2) is 4.04. The summed E-state index contributed by atoms with van der Waals surface area (Å²) in [5.41, 5.74) is 9.42. The molecular formula is C13H18N4. The number of rotatable bonds is 2. The maximum atomic E-state index is 6.03. The molecule has 1 aliphatic rings. The minimum atomic E-state index is 0.640. The van der Waals surface area contributed by atoms with Gasteiger partial charge in [0.05, 0.1) is 11.0 Å². The predicted molar refractivity (Wildman–Crippen MR) is 69.9 cm³/mol. The molecule has 17 heavy (non-hydrogen) atoms. The molecule has 0 bridgehead atoms. The first-order chi connectivity index (χ1) is 8.25. The van der Waals surface area contributed by atoms with Crippen molar-refractivity contribution >= 4 is 17.0 Å². The van der Waals surface area contributed by atoms with E-state index in [0.29, 0.717) is 11.9 Å². The van der Waals surface area contributed by atoms with Crippen molar-refractivity contribution in [3.63, 3.8) is 0 Å². The van der Waals surface area contributed by atoms with E-state index in [2.05, 4.69) is 40.0 Å². The van der Waals surface area contributed by atoms with Crippen LogP contribution in [0.4, 0.5) is 5.95 Å². The van der Waals surface area contributed by atoms with Crippen LogP contribution in [0.3, 0.4) is 0 Å². The number of nitrogen functional groups attached to an aromatic ring is 1. The van der Waals surface area contributed by atoms with Crippen LogP contribution in [0.2, 0.25) is 0 Å². The third kappa shape index (κ3) is 1.78. The number of aryl methyl sites for hydroxylation is 1. The van der Waals surface area contributed by atoms with Crippen LogP contribution < -0.4 is 11.1 Å². The molecule has 4 heteroatoms. The minimum Gasteiger partial charge on any atom is -0.369 e. The predicted octanol–water partition coefficient (Wildman–Crippen LogP) is 1.54. The molecule has 2 heterocycles. The third-order valence-electron chi connectivity index (χ3n) is 3.61. The molecule has 2 aromatic rings. The summed E-state index contributed by atoms with van der Waals surface area (Å²) in [4.78, 5) is 4.48. The highest BCUT2D eigenvalue weighted by Gasteiger charge is 2.18. The lowest BCUT2D eigenvalue weighted by molar-refractivity contribution is 0.493. The van der Waals surface area contributed by atoms with Crippen molar-refractivity contribution in [1.29, 1.82) is 0 Å². The molecule has 3 rings (SSSR count). The lowest BCUT2D eigenvalue weighted by Gasteiger charge is -2.11. The van der Waals surface area contributed by atoms with Gasteiger partial charge in [-0.15, -0.1) is 0 Å². The Morgan fingerprint density at radius 1 is 1.53 bits per heavy atom. The van der Waals surface area contributed by atoms with E-state index in [9.17, 15) is 0 Å². The van der Waals surface area contributed by atoms with Crippen LogP contribution in [-0.4, -0.2) is 22.6 Å². The van der Waals surface area contributed by atoms with Gasteiger partial charge in [0.25, 0.3) is 0 Å². The topological polar surface area (TPSA) is 55.9 Å². The minimum absolute atomic E-state index is 0.640. The Labute approximate surface area is 101 Å². The van der Waals surface area contributed by atoms with Gasteiger partial charge in [0.15, 0.2) is 0 Å². The first kappa shape index (κ1) is 10.6. The van der Waals surface area contributed by atoms with Crippen LogP contribution in [0.15, 0.2) is 18.2 Å². The Hall–Kier alpha value is -1.55. The molecule has 1 atom stereocenters. The van der Waals surface area contributed by atoms with Crippen molar-refractivity contribution in [1.82, 2.24) is 14.9 Å². The van der Waals surface area contributed by atoms with Crippen LogP contribution in [0.5, 0.6) is 0 Å². The first-order valence-electron chi connectivity index (χ1n) is 6.18. The SMILES string of the molecule is Cc1cccc2c1nc(N)n2CC1CCNC1. The molecule has 4 nitrogen and oxygen atoms in total. The van der Waals surface area contributed by atoms with E-state index >= 15 is 0 Å². The van der Waals surface area contributed by atoms with Crippen molar-refractivity contribution in [3.05, 3.63) is 23.8 Å². The van der Waals surface area contributed by atoms with Gasteiger partial charge in [-0.3, -0.25) is 0 Å². The molecule has 0 saturated carbocycles. The molecule has 0 amide bonds. The van der Waals surface area contributed by atoms with E-state index in [1.807, 2.05) is 0 Å². The fourth-order valence-corrected chi connectivity index (χ4v) is 2.63. The van der Waals surface area contributed by atoms with Crippen LogP contribution in [-0.2, 0) is 6.54 Å². The number of hydrogen-bond acceptors (Lipinski definition) is 3. The number of para-hydroxylation sites is 1. The van der Waals surface area contributed by atoms with Gasteiger partial charge in [0.2, 0.25) is 5.95 Å². The van der Waals surface area contributed by atoms with Gasteiger partial charge < -0.3 is 15.6 Å². The molecule has 90 valence electrons. The van der Waals surface area contributed by atoms with Gasteiger partial charge in [0, 0.05) is 6.54 Å². The van der Waals surface area contributed by atoms with Crippen molar-refractivity contribution in [2.45, 2.75) is 19.9 Å². The molecule has 1 fully saturated rings. The number of fused-ring (bicyclic) bond motifs is 1. The molecule has 0 radical (unpaired) electrons. The van der Waals surface area contributed by atoms with Crippen LogP contribution in [0.1, 0.15) is 12.0 Å². The fraction of sp³-hybridized carbons (Fsp3) is 0.462. The quantitative estimate of drug-likeness (QED) is 0.822. The van der Waals surface area contributed by atoms with Crippen LogP contribution in [0.25, 0.3) is 11.0 Å². The zero-order valence-electron chi connectivity index (χ0n) is 10.1. The van der Waals surface area contributed by atoms with Crippen molar-refractivity contribution in [3.8, 4) is 0 Å². The maximum absolute atomic E-state index is 6.03. The van der Waals surface area contributed by atoms with E-state index in [-0.39, 0.29) is 0 Å². The average molecular weight is 230 g/mol. The Bertz CT molecular complexity index is 538. The first-order valence-corrected chi connectivity index (χ1v) is 6.18. The lowest BCUT2D eigenvalue weighted by Crippen LogP contribution is -2.15. The van der Waals surface area contributed by atoms with E-state index < -0.39 is 0 Å². The zero-order chi connectivity index (χ0) is 11.8. The molecule has 1 saturated heterocycles. The Morgan fingerprint density at radius 2 is 2.41 bits per heavy atom. The summed E-state index contributed by atoms with van der Waals surface area (Å²) in [5.74, 6) is 1.32. The molecular weight excluding hydrogens is 212 g/mol. The lowest BCUT2D eigenvalue weighted by atomic mass is 10.1. The number of imidazole rings is 1. The van der Waals surface area contributed by atoms with Gasteiger partial charge in [-0.25, -0.2) is 4.98 Å². The monoisotopic (exact) mass is 230 g/mol. The van der Waals surface area contributed by atoms with E-state index in [4.69, 9.17) is 5.73 Å². The zero-order valence-corrected chi connectivity index (χ0v) is 10.1. The maximum Gasteiger partial charge on any atom is 0.201 e. The smallest absolute Gasteiger partial charge is 0.201 e. The summed E-state index contributed by atoms with van der Waals surface area (Å²) in [6, 6.07) is 6.26. The largest absolute Gasteiger partial charge is 0.369 e. The number of nitrogens with one attached hydrogen (secondary N) is 1. The molecule has 1 unspecified atom stereocenters. The van der Waals surface area contributed by atoms with E-state index in [1.54, 1.807) is 0 Å². The Balaban J connectivity index is 2.02. The molecule has 0 spiro atoms. The van der Waals surface area contributed by atoms with E-state index in [1.165, 1.54) is 12.0 Å². The summed E-state index contributed by atoms with van der Waals surface area (Å²) >= 11 is 0. The van der Waals surface area contributed by atoms with Crippen molar-refractivity contribution in [2.24, 2.45) is 5.92 Å². The summed E-state index contributed by atoms with van der Waals surface area (Å²) in [6.45, 7) is 5.26. The molecule has 1 aliphatic heterocycles. The van der Waals surface area contributed by atoms with E-state index in [0.717, 1.165) is 30.7 Å². The molecule has 1 aromatic heterocycles. The number of hydrogen-bond donors (Lipinski definition) is 2. The standard InChI is InChI=1S/C13H18N4/c1-9-3-2-4-11-12(9)16-13(14)17(11)8-10-5-6-15-7-10/h2-4,10,15H,5-8H2,1H3,(H2,14,16). The van der Waals surface area contributed by atoms with Gasteiger partial charge in [-0.05, 0) is 44.0 Å². The second-order valence-electron chi connectivity index (χ2n) is 4.88. The molecule has 0 aliphatic carbocycles. The molecule has 1 aromatic carbocycles. The Morgan fingerprint density at radius 3 is 3.18 bits per heavy atom. The molecule has 3 N–H and O–H groups in total.